The Morgan fingerprint density at radius 1 is 1.53 bits per heavy atom. The van der Waals surface area contributed by atoms with Gasteiger partial charge in [-0.25, -0.2) is 4.98 Å². The normalized spacial score (nSPS) is 13.1. The van der Waals surface area contributed by atoms with Crippen molar-refractivity contribution in [2.24, 2.45) is 5.92 Å². The molecule has 1 rings (SSSR count). The second kappa shape index (κ2) is 5.86. The summed E-state index contributed by atoms with van der Waals surface area (Å²) in [4.78, 5) is 27.1. The molecule has 1 aromatic rings. The first kappa shape index (κ1) is 15.2. The number of hydrogen-bond acceptors (Lipinski definition) is 4. The lowest BCUT2D eigenvalue weighted by Gasteiger charge is -2.22. The van der Waals surface area contributed by atoms with Crippen LogP contribution in [0.2, 0.25) is 0 Å². The Morgan fingerprint density at radius 2 is 2.16 bits per heavy atom. The Hall–Kier alpha value is -1.85. The van der Waals surface area contributed by atoms with Crippen LogP contribution in [0.15, 0.2) is 17.2 Å². The molecule has 1 atom stereocenters. The maximum Gasteiger partial charge on any atom is 0.308 e. The molecule has 0 fully saturated rings. The summed E-state index contributed by atoms with van der Waals surface area (Å²) in [5, 5.41) is 11.8. The van der Waals surface area contributed by atoms with E-state index in [0.29, 0.717) is 6.42 Å². The van der Waals surface area contributed by atoms with E-state index in [0.717, 1.165) is 0 Å². The van der Waals surface area contributed by atoms with Crippen LogP contribution >= 0.6 is 0 Å². The molecule has 0 amide bonds. The maximum absolute atomic E-state index is 12.2. The summed E-state index contributed by atoms with van der Waals surface area (Å²) in [5.74, 6) is -1.20. The average Bonchev–Trinajstić information content (AvgIpc) is 2.29. The van der Waals surface area contributed by atoms with Crippen LogP contribution in [0.5, 0.6) is 0 Å². The molecular formula is C13H21N3O3. The number of nitrogens with one attached hydrogen (secondary N) is 1. The lowest BCUT2D eigenvalue weighted by atomic mass is 10.1. The molecule has 0 bridgehead atoms. The molecule has 6 heteroatoms. The van der Waals surface area contributed by atoms with E-state index in [1.54, 1.807) is 17.7 Å². The molecule has 1 aromatic heterocycles. The molecule has 0 saturated carbocycles. The molecule has 0 radical (unpaired) electrons. The lowest BCUT2D eigenvalue weighted by molar-refractivity contribution is -0.141. The molecule has 1 unspecified atom stereocenters. The van der Waals surface area contributed by atoms with E-state index in [4.69, 9.17) is 5.11 Å². The Bertz CT molecular complexity index is 503. The van der Waals surface area contributed by atoms with Crippen LogP contribution in [-0.4, -0.2) is 27.2 Å². The standard InChI is InChI=1S/C13H21N3O3/c1-5-9(12(18)19)8-15-10-11(17)16(7-6-14-10)13(2,3)4/h6-7,9H,5,8H2,1-4H3,(H,14,15)(H,18,19). The van der Waals surface area contributed by atoms with Gasteiger partial charge in [-0.15, -0.1) is 0 Å². The summed E-state index contributed by atoms with van der Waals surface area (Å²) < 4.78 is 1.57. The predicted molar refractivity (Wildman–Crippen MR) is 73.4 cm³/mol. The van der Waals surface area contributed by atoms with Crippen molar-refractivity contribution in [2.75, 3.05) is 11.9 Å². The van der Waals surface area contributed by atoms with Gasteiger partial charge in [0.05, 0.1) is 5.92 Å². The van der Waals surface area contributed by atoms with E-state index in [9.17, 15) is 9.59 Å². The van der Waals surface area contributed by atoms with Gasteiger partial charge in [0.15, 0.2) is 5.82 Å². The van der Waals surface area contributed by atoms with Gasteiger partial charge in [0.25, 0.3) is 5.56 Å². The first-order chi connectivity index (χ1) is 8.77. The van der Waals surface area contributed by atoms with E-state index >= 15 is 0 Å². The lowest BCUT2D eigenvalue weighted by Crippen LogP contribution is -2.36. The summed E-state index contributed by atoms with van der Waals surface area (Å²) >= 11 is 0. The third kappa shape index (κ3) is 3.81. The zero-order valence-electron chi connectivity index (χ0n) is 11.8. The highest BCUT2D eigenvalue weighted by Gasteiger charge is 2.18. The minimum atomic E-state index is -0.873. The van der Waals surface area contributed by atoms with Gasteiger partial charge in [0.2, 0.25) is 0 Å². The summed E-state index contributed by atoms with van der Waals surface area (Å²) in [6, 6.07) is 0. The van der Waals surface area contributed by atoms with E-state index in [1.807, 2.05) is 20.8 Å². The third-order valence-electron chi connectivity index (χ3n) is 2.92. The summed E-state index contributed by atoms with van der Waals surface area (Å²) in [6.45, 7) is 7.76. The highest BCUT2D eigenvalue weighted by Crippen LogP contribution is 2.11. The molecule has 6 nitrogen and oxygen atoms in total. The molecule has 0 aliphatic rings. The van der Waals surface area contributed by atoms with Crippen LogP contribution in [0.25, 0.3) is 0 Å². The Labute approximate surface area is 112 Å². The molecule has 0 aliphatic carbocycles. The highest BCUT2D eigenvalue weighted by atomic mass is 16.4. The Kier molecular flexibility index (Phi) is 4.69. The zero-order chi connectivity index (χ0) is 14.6. The summed E-state index contributed by atoms with van der Waals surface area (Å²) in [7, 11) is 0. The molecule has 0 aromatic carbocycles. The molecule has 2 N–H and O–H groups in total. The van der Waals surface area contributed by atoms with Crippen molar-refractivity contribution in [3.63, 3.8) is 0 Å². The smallest absolute Gasteiger partial charge is 0.308 e. The number of aliphatic carboxylic acids is 1. The van der Waals surface area contributed by atoms with Crippen molar-refractivity contribution in [1.29, 1.82) is 0 Å². The molecule has 1 heterocycles. The van der Waals surface area contributed by atoms with Gasteiger partial charge in [-0.05, 0) is 27.2 Å². The molecule has 0 spiro atoms. The van der Waals surface area contributed by atoms with Crippen molar-refractivity contribution in [3.8, 4) is 0 Å². The Morgan fingerprint density at radius 3 is 2.63 bits per heavy atom. The van der Waals surface area contributed by atoms with Crippen LogP contribution in [0.4, 0.5) is 5.82 Å². The summed E-state index contributed by atoms with van der Waals surface area (Å²) in [6.07, 6.45) is 3.67. The highest BCUT2D eigenvalue weighted by molar-refractivity contribution is 5.70. The van der Waals surface area contributed by atoms with Crippen molar-refractivity contribution in [2.45, 2.75) is 39.7 Å². The number of anilines is 1. The number of carboxylic acids is 1. The largest absolute Gasteiger partial charge is 0.481 e. The SMILES string of the molecule is CCC(CNc1nccn(C(C)(C)C)c1=O)C(=O)O. The van der Waals surface area contributed by atoms with Gasteiger partial charge in [-0.2, -0.15) is 0 Å². The monoisotopic (exact) mass is 267 g/mol. The van der Waals surface area contributed by atoms with Crippen LogP contribution in [-0.2, 0) is 10.3 Å². The van der Waals surface area contributed by atoms with Gasteiger partial charge in [0, 0.05) is 24.5 Å². The zero-order valence-corrected chi connectivity index (χ0v) is 11.8. The van der Waals surface area contributed by atoms with E-state index < -0.39 is 11.9 Å². The molecule has 0 saturated heterocycles. The average molecular weight is 267 g/mol. The fourth-order valence-corrected chi connectivity index (χ4v) is 1.69. The molecule has 19 heavy (non-hydrogen) atoms. The molecule has 0 aliphatic heterocycles. The maximum atomic E-state index is 12.2. The minimum absolute atomic E-state index is 0.192. The van der Waals surface area contributed by atoms with E-state index in [1.165, 1.54) is 6.20 Å². The number of rotatable bonds is 5. The van der Waals surface area contributed by atoms with Crippen molar-refractivity contribution in [3.05, 3.63) is 22.7 Å². The van der Waals surface area contributed by atoms with Crippen molar-refractivity contribution >= 4 is 11.8 Å². The second-order valence-electron chi connectivity index (χ2n) is 5.45. The van der Waals surface area contributed by atoms with Gasteiger partial charge in [-0.1, -0.05) is 6.92 Å². The topological polar surface area (TPSA) is 84.2 Å². The Balaban J connectivity index is 2.92. The van der Waals surface area contributed by atoms with Crippen LogP contribution in [0, 0.1) is 5.92 Å². The number of nitrogens with zero attached hydrogens (tertiary/aromatic N) is 2. The van der Waals surface area contributed by atoms with Gasteiger partial charge >= 0.3 is 5.97 Å². The fourth-order valence-electron chi connectivity index (χ4n) is 1.69. The van der Waals surface area contributed by atoms with E-state index in [-0.39, 0.29) is 23.5 Å². The number of aromatic nitrogens is 2. The van der Waals surface area contributed by atoms with Crippen molar-refractivity contribution < 1.29 is 9.90 Å². The van der Waals surface area contributed by atoms with Gasteiger partial charge < -0.3 is 15.0 Å². The van der Waals surface area contributed by atoms with Crippen LogP contribution < -0.4 is 10.9 Å². The van der Waals surface area contributed by atoms with Gasteiger partial charge in [-0.3, -0.25) is 9.59 Å². The van der Waals surface area contributed by atoms with E-state index in [2.05, 4.69) is 10.3 Å². The summed E-state index contributed by atoms with van der Waals surface area (Å²) in [5.41, 5.74) is -0.580. The number of carboxylic acid groups (broad SMARTS) is 1. The van der Waals surface area contributed by atoms with Crippen molar-refractivity contribution in [1.82, 2.24) is 9.55 Å². The molecule has 106 valence electrons. The third-order valence-corrected chi connectivity index (χ3v) is 2.92. The first-order valence-corrected chi connectivity index (χ1v) is 6.32. The number of carbonyl (C=O) groups is 1. The first-order valence-electron chi connectivity index (χ1n) is 6.32. The molecular weight excluding hydrogens is 246 g/mol. The van der Waals surface area contributed by atoms with Crippen LogP contribution in [0.1, 0.15) is 34.1 Å². The predicted octanol–water partition coefficient (Wildman–Crippen LogP) is 1.52. The minimum Gasteiger partial charge on any atom is -0.481 e. The van der Waals surface area contributed by atoms with Gasteiger partial charge in [0.1, 0.15) is 0 Å². The second-order valence-corrected chi connectivity index (χ2v) is 5.45. The number of hydrogen-bond donors (Lipinski definition) is 2. The quantitative estimate of drug-likeness (QED) is 0.845. The fraction of sp³-hybridized carbons (Fsp3) is 0.615. The van der Waals surface area contributed by atoms with Crippen LogP contribution in [0.3, 0.4) is 0 Å².